The van der Waals surface area contributed by atoms with Crippen LogP contribution in [-0.2, 0) is 21.2 Å². The molecule has 0 saturated heterocycles. The molecule has 0 spiro atoms. The Hall–Kier alpha value is -2.97. The van der Waals surface area contributed by atoms with Crippen molar-refractivity contribution in [1.82, 2.24) is 4.31 Å². The van der Waals surface area contributed by atoms with Gasteiger partial charge in [-0.25, -0.2) is 12.7 Å². The highest BCUT2D eigenvalue weighted by Crippen LogP contribution is 2.32. The third-order valence-corrected chi connectivity index (χ3v) is 6.37. The topological polar surface area (TPSA) is 86.8 Å². The highest BCUT2D eigenvalue weighted by molar-refractivity contribution is 7.89. The van der Waals surface area contributed by atoms with Crippen LogP contribution in [0.5, 0.6) is 0 Å². The predicted molar refractivity (Wildman–Crippen MR) is 108 cm³/mol. The first-order valence-electron chi connectivity index (χ1n) is 8.65. The molecule has 8 heteroatoms. The van der Waals surface area contributed by atoms with Crippen LogP contribution in [0.3, 0.4) is 0 Å². The summed E-state index contributed by atoms with van der Waals surface area (Å²) in [5.41, 5.74) is 2.55. The van der Waals surface area contributed by atoms with E-state index in [2.05, 4.69) is 11.9 Å². The molecule has 7 nitrogen and oxygen atoms in total. The Labute approximate surface area is 164 Å². The van der Waals surface area contributed by atoms with Crippen molar-refractivity contribution in [3.8, 4) is 0 Å². The first kappa shape index (κ1) is 19.8. The summed E-state index contributed by atoms with van der Waals surface area (Å²) in [6, 6.07) is 11.4. The molecule has 1 aliphatic heterocycles. The fourth-order valence-corrected chi connectivity index (χ4v) is 3.91. The summed E-state index contributed by atoms with van der Waals surface area (Å²) in [6.45, 7) is 3.87. The summed E-state index contributed by atoms with van der Waals surface area (Å²) < 4.78 is 26.0. The van der Waals surface area contributed by atoms with E-state index in [9.17, 15) is 18.0 Å². The van der Waals surface area contributed by atoms with Crippen molar-refractivity contribution >= 4 is 33.2 Å². The van der Waals surface area contributed by atoms with Crippen LogP contribution >= 0.6 is 0 Å². The van der Waals surface area contributed by atoms with E-state index in [1.165, 1.54) is 20.2 Å². The molecule has 0 fully saturated rings. The van der Waals surface area contributed by atoms with Gasteiger partial charge in [0.15, 0.2) is 0 Å². The Balaban J connectivity index is 1.88. The summed E-state index contributed by atoms with van der Waals surface area (Å²) in [6.07, 6.45) is 1.83. The van der Waals surface area contributed by atoms with Gasteiger partial charge in [-0.3, -0.25) is 9.59 Å². The van der Waals surface area contributed by atoms with Gasteiger partial charge in [0.05, 0.1) is 4.90 Å². The van der Waals surface area contributed by atoms with E-state index in [0.29, 0.717) is 29.9 Å². The quantitative estimate of drug-likeness (QED) is 0.782. The average molecular weight is 399 g/mol. The second kappa shape index (κ2) is 7.57. The van der Waals surface area contributed by atoms with Crippen LogP contribution in [0.25, 0.3) is 0 Å². The van der Waals surface area contributed by atoms with Crippen LogP contribution in [0, 0.1) is 0 Å². The van der Waals surface area contributed by atoms with E-state index < -0.39 is 10.0 Å². The molecule has 1 N–H and O–H groups in total. The number of benzene rings is 2. The van der Waals surface area contributed by atoms with Gasteiger partial charge in [-0.05, 0) is 54.5 Å². The lowest BCUT2D eigenvalue weighted by atomic mass is 10.1. The Morgan fingerprint density at radius 3 is 2.43 bits per heavy atom. The van der Waals surface area contributed by atoms with Gasteiger partial charge in [-0.1, -0.05) is 12.6 Å². The van der Waals surface area contributed by atoms with E-state index in [4.69, 9.17) is 0 Å². The maximum Gasteiger partial charge on any atom is 0.258 e. The van der Waals surface area contributed by atoms with Crippen molar-refractivity contribution in [3.63, 3.8) is 0 Å². The predicted octanol–water partition coefficient (Wildman–Crippen LogP) is 2.26. The van der Waals surface area contributed by atoms with Gasteiger partial charge in [0, 0.05) is 37.6 Å². The lowest BCUT2D eigenvalue weighted by Crippen LogP contribution is -2.29. The van der Waals surface area contributed by atoms with E-state index in [1.54, 1.807) is 47.4 Å². The lowest BCUT2D eigenvalue weighted by molar-refractivity contribution is -0.111. The second-order valence-electron chi connectivity index (χ2n) is 6.56. The number of sulfonamides is 1. The van der Waals surface area contributed by atoms with Crippen molar-refractivity contribution in [2.24, 2.45) is 0 Å². The molecule has 3 rings (SSSR count). The maximum absolute atomic E-state index is 13.0. The third-order valence-electron chi connectivity index (χ3n) is 4.56. The van der Waals surface area contributed by atoms with Gasteiger partial charge in [-0.15, -0.1) is 0 Å². The zero-order chi connectivity index (χ0) is 20.5. The second-order valence-corrected chi connectivity index (χ2v) is 8.71. The highest BCUT2D eigenvalue weighted by Gasteiger charge is 2.28. The standard InChI is InChI=1S/C20H21N3O4S/c1-4-19(24)21-16-8-5-15(6-9-16)20(25)23-12-11-14-7-10-17(13-18(14)23)28(26,27)22(2)3/h4-10,13H,1,11-12H2,2-3H3,(H,21,24). The third kappa shape index (κ3) is 3.69. The Bertz CT molecular complexity index is 1040. The van der Waals surface area contributed by atoms with E-state index >= 15 is 0 Å². The molecule has 28 heavy (non-hydrogen) atoms. The van der Waals surface area contributed by atoms with Gasteiger partial charge < -0.3 is 10.2 Å². The molecule has 0 atom stereocenters. The van der Waals surface area contributed by atoms with Gasteiger partial charge in [0.1, 0.15) is 0 Å². The molecule has 2 amide bonds. The molecule has 1 aliphatic rings. The zero-order valence-electron chi connectivity index (χ0n) is 15.7. The van der Waals surface area contributed by atoms with Crippen LogP contribution in [-0.4, -0.2) is 45.2 Å². The molecule has 2 aromatic rings. The fraction of sp³-hybridized carbons (Fsp3) is 0.200. The number of carbonyl (C=O) groups excluding carboxylic acids is 2. The van der Waals surface area contributed by atoms with Crippen molar-refractivity contribution in [1.29, 1.82) is 0 Å². The van der Waals surface area contributed by atoms with E-state index in [-0.39, 0.29) is 16.7 Å². The number of amides is 2. The highest BCUT2D eigenvalue weighted by atomic mass is 32.2. The minimum Gasteiger partial charge on any atom is -0.323 e. The molecule has 0 saturated carbocycles. The minimum absolute atomic E-state index is 0.151. The Morgan fingerprint density at radius 2 is 1.82 bits per heavy atom. The smallest absolute Gasteiger partial charge is 0.258 e. The van der Waals surface area contributed by atoms with Crippen molar-refractivity contribution in [2.75, 3.05) is 30.9 Å². The molecule has 2 aromatic carbocycles. The number of rotatable bonds is 5. The average Bonchev–Trinajstić information content (AvgIpc) is 3.11. The fourth-order valence-electron chi connectivity index (χ4n) is 2.99. The number of hydrogen-bond acceptors (Lipinski definition) is 4. The van der Waals surface area contributed by atoms with Crippen LogP contribution in [0.2, 0.25) is 0 Å². The summed E-state index contributed by atoms with van der Waals surface area (Å²) >= 11 is 0. The van der Waals surface area contributed by atoms with Crippen molar-refractivity contribution in [3.05, 3.63) is 66.2 Å². The monoisotopic (exact) mass is 399 g/mol. The van der Waals surface area contributed by atoms with Crippen molar-refractivity contribution < 1.29 is 18.0 Å². The molecule has 0 unspecified atom stereocenters. The maximum atomic E-state index is 13.0. The summed E-state index contributed by atoms with van der Waals surface area (Å²) in [4.78, 5) is 26.0. The lowest BCUT2D eigenvalue weighted by Gasteiger charge is -2.19. The number of hydrogen-bond donors (Lipinski definition) is 1. The number of fused-ring (bicyclic) bond motifs is 1. The SMILES string of the molecule is C=CC(=O)Nc1ccc(C(=O)N2CCc3ccc(S(=O)(=O)N(C)C)cc32)cc1. The van der Waals surface area contributed by atoms with Crippen LogP contribution in [0.4, 0.5) is 11.4 Å². The molecular formula is C20H21N3O4S. The van der Waals surface area contributed by atoms with Gasteiger partial charge in [0.25, 0.3) is 5.91 Å². The number of anilines is 2. The molecule has 0 aromatic heterocycles. The number of nitrogens with zero attached hydrogens (tertiary/aromatic N) is 2. The Kier molecular flexibility index (Phi) is 5.35. The molecular weight excluding hydrogens is 378 g/mol. The van der Waals surface area contributed by atoms with Crippen LogP contribution in [0.15, 0.2) is 60.0 Å². The van der Waals surface area contributed by atoms with Crippen LogP contribution in [0.1, 0.15) is 15.9 Å². The van der Waals surface area contributed by atoms with E-state index in [0.717, 1.165) is 9.87 Å². The van der Waals surface area contributed by atoms with E-state index in [1.807, 2.05) is 0 Å². The summed E-state index contributed by atoms with van der Waals surface area (Å²) in [5, 5.41) is 2.62. The number of carbonyl (C=O) groups is 2. The molecule has 146 valence electrons. The molecule has 0 bridgehead atoms. The van der Waals surface area contributed by atoms with Crippen molar-refractivity contribution in [2.45, 2.75) is 11.3 Å². The minimum atomic E-state index is -3.58. The van der Waals surface area contributed by atoms with Gasteiger partial charge in [0.2, 0.25) is 15.9 Å². The molecule has 0 aliphatic carbocycles. The van der Waals surface area contributed by atoms with Gasteiger partial charge in [-0.2, -0.15) is 0 Å². The number of nitrogens with one attached hydrogen (secondary N) is 1. The van der Waals surface area contributed by atoms with Gasteiger partial charge >= 0.3 is 0 Å². The molecule has 0 radical (unpaired) electrons. The molecule has 1 heterocycles. The first-order chi connectivity index (χ1) is 13.2. The Morgan fingerprint density at radius 1 is 1.14 bits per heavy atom. The largest absolute Gasteiger partial charge is 0.323 e. The normalized spacial score (nSPS) is 13.3. The summed E-state index contributed by atoms with van der Waals surface area (Å²) in [7, 11) is -0.644. The first-order valence-corrected chi connectivity index (χ1v) is 10.1. The zero-order valence-corrected chi connectivity index (χ0v) is 16.5. The van der Waals surface area contributed by atoms with Crippen LogP contribution < -0.4 is 10.2 Å². The summed E-state index contributed by atoms with van der Waals surface area (Å²) in [5.74, 6) is -0.554.